The number of ether oxygens (including phenoxy) is 2. The molecule has 1 spiro atoms. The summed E-state index contributed by atoms with van der Waals surface area (Å²) in [7, 11) is 0. The fourth-order valence-corrected chi connectivity index (χ4v) is 4.53. The van der Waals surface area contributed by atoms with E-state index in [0.717, 1.165) is 0 Å². The Labute approximate surface area is 188 Å². The minimum atomic E-state index is -4.42. The van der Waals surface area contributed by atoms with E-state index in [1.807, 2.05) is 0 Å². The highest BCUT2D eigenvalue weighted by molar-refractivity contribution is 6.00. The fraction of sp³-hybridized carbons (Fsp3) is 0.458. The van der Waals surface area contributed by atoms with Gasteiger partial charge in [-0.2, -0.15) is 13.2 Å². The molecular formula is C24H25F4NO4. The van der Waals surface area contributed by atoms with Crippen LogP contribution in [0.5, 0.6) is 11.5 Å². The fourth-order valence-electron chi connectivity index (χ4n) is 4.53. The normalized spacial score (nSPS) is 25.5. The summed E-state index contributed by atoms with van der Waals surface area (Å²) in [5.74, 6) is -0.0359. The number of carbonyl (C=O) groups excluding carboxylic acids is 1. The molecule has 2 fully saturated rings. The lowest BCUT2D eigenvalue weighted by Crippen LogP contribution is -2.46. The number of amides is 1. The van der Waals surface area contributed by atoms with Gasteiger partial charge in [-0.15, -0.1) is 0 Å². The van der Waals surface area contributed by atoms with Gasteiger partial charge in [-0.25, -0.2) is 4.39 Å². The van der Waals surface area contributed by atoms with Crippen molar-refractivity contribution in [3.8, 4) is 11.5 Å². The molecule has 1 N–H and O–H groups in total. The summed E-state index contributed by atoms with van der Waals surface area (Å²) in [6.45, 7) is -0.854. The maximum atomic E-state index is 13.3. The average Bonchev–Trinajstić information content (AvgIpc) is 3.09. The van der Waals surface area contributed by atoms with Crippen LogP contribution < -0.4 is 14.4 Å². The first-order valence-corrected chi connectivity index (χ1v) is 10.8. The molecule has 4 rings (SSSR count). The molecule has 1 heterocycles. The van der Waals surface area contributed by atoms with Gasteiger partial charge in [0, 0.05) is 18.3 Å². The predicted octanol–water partition coefficient (Wildman–Crippen LogP) is 4.87. The van der Waals surface area contributed by atoms with E-state index >= 15 is 0 Å². The van der Waals surface area contributed by atoms with E-state index in [0.29, 0.717) is 50.1 Å². The summed E-state index contributed by atoms with van der Waals surface area (Å²) < 4.78 is 60.5. The second kappa shape index (κ2) is 8.85. The quantitative estimate of drug-likeness (QED) is 0.616. The van der Waals surface area contributed by atoms with E-state index < -0.39 is 29.6 Å². The first-order chi connectivity index (χ1) is 15.6. The van der Waals surface area contributed by atoms with Crippen LogP contribution in [0.1, 0.15) is 32.1 Å². The van der Waals surface area contributed by atoms with Gasteiger partial charge in [0.25, 0.3) is 0 Å². The van der Waals surface area contributed by atoms with Crippen LogP contribution in [0.25, 0.3) is 0 Å². The Morgan fingerprint density at radius 2 is 1.64 bits per heavy atom. The smallest absolute Gasteiger partial charge is 0.422 e. The summed E-state index contributed by atoms with van der Waals surface area (Å²) in [4.78, 5) is 14.9. The second-order valence-corrected chi connectivity index (χ2v) is 8.86. The van der Waals surface area contributed by atoms with Crippen LogP contribution in [0.15, 0.2) is 48.5 Å². The Bertz CT molecular complexity index is 985. The molecule has 0 radical (unpaired) electrons. The van der Waals surface area contributed by atoms with Gasteiger partial charge in [-0.1, -0.05) is 6.07 Å². The first-order valence-electron chi connectivity index (χ1n) is 10.8. The average molecular weight is 467 g/mol. The number of halogens is 4. The van der Waals surface area contributed by atoms with Gasteiger partial charge in [0.1, 0.15) is 23.9 Å². The number of hydrogen-bond donors (Lipinski definition) is 1. The van der Waals surface area contributed by atoms with Crippen LogP contribution in [-0.4, -0.2) is 42.5 Å². The number of alkyl halides is 3. The standard InChI is InChI=1S/C24H25F4NO4/c25-17-2-1-3-20(14-17)32-15-23(31)10-8-22(9-11-23)12-13-29(21(22)30)18-4-6-19(7-5-18)33-16-24(26,27)28/h1-7,14,31H,8-13,15-16H2/t22-,23+. The van der Waals surface area contributed by atoms with E-state index in [-0.39, 0.29) is 18.3 Å². The van der Waals surface area contributed by atoms with Gasteiger partial charge in [-0.3, -0.25) is 4.79 Å². The molecule has 2 aromatic rings. The third-order valence-electron chi connectivity index (χ3n) is 6.51. The third-order valence-corrected chi connectivity index (χ3v) is 6.51. The van der Waals surface area contributed by atoms with Gasteiger partial charge in [0.05, 0.1) is 11.0 Å². The molecule has 9 heteroatoms. The highest BCUT2D eigenvalue weighted by Gasteiger charge is 2.51. The summed E-state index contributed by atoms with van der Waals surface area (Å²) in [5, 5.41) is 10.9. The Hall–Kier alpha value is -2.81. The van der Waals surface area contributed by atoms with Crippen molar-refractivity contribution >= 4 is 11.6 Å². The van der Waals surface area contributed by atoms with Gasteiger partial charge in [0.15, 0.2) is 6.61 Å². The van der Waals surface area contributed by atoms with E-state index in [1.165, 1.54) is 30.3 Å². The van der Waals surface area contributed by atoms with Crippen LogP contribution in [0, 0.1) is 11.2 Å². The summed E-state index contributed by atoms with van der Waals surface area (Å²) in [6.07, 6.45) is -2.02. The van der Waals surface area contributed by atoms with E-state index in [1.54, 1.807) is 23.1 Å². The molecule has 1 saturated heterocycles. The maximum absolute atomic E-state index is 13.3. The zero-order valence-corrected chi connectivity index (χ0v) is 17.9. The predicted molar refractivity (Wildman–Crippen MR) is 113 cm³/mol. The number of benzene rings is 2. The topological polar surface area (TPSA) is 59.0 Å². The van der Waals surface area contributed by atoms with Gasteiger partial charge >= 0.3 is 6.18 Å². The minimum Gasteiger partial charge on any atom is -0.490 e. The molecule has 1 aliphatic heterocycles. The number of nitrogens with zero attached hydrogens (tertiary/aromatic N) is 1. The monoisotopic (exact) mass is 467 g/mol. The van der Waals surface area contributed by atoms with Gasteiger partial charge in [-0.05, 0) is 68.5 Å². The maximum Gasteiger partial charge on any atom is 0.422 e. The zero-order chi connectivity index (χ0) is 23.7. The van der Waals surface area contributed by atoms with Crippen LogP contribution in [0.4, 0.5) is 23.2 Å². The Balaban J connectivity index is 1.34. The minimum absolute atomic E-state index is 0.0177. The number of hydrogen-bond acceptors (Lipinski definition) is 4. The lowest BCUT2D eigenvalue weighted by atomic mass is 9.68. The van der Waals surface area contributed by atoms with Crippen LogP contribution in [0.3, 0.4) is 0 Å². The highest BCUT2D eigenvalue weighted by atomic mass is 19.4. The van der Waals surface area contributed by atoms with Crippen LogP contribution >= 0.6 is 0 Å². The SMILES string of the molecule is O=C1N(c2ccc(OCC(F)(F)F)cc2)CC[C@]12CC[C@@](O)(COc1cccc(F)c1)CC2. The van der Waals surface area contributed by atoms with Crippen molar-refractivity contribution in [1.82, 2.24) is 0 Å². The largest absolute Gasteiger partial charge is 0.490 e. The third kappa shape index (κ3) is 5.40. The molecule has 1 saturated carbocycles. The van der Waals surface area contributed by atoms with Crippen molar-refractivity contribution in [2.24, 2.45) is 5.41 Å². The van der Waals surface area contributed by atoms with Crippen molar-refractivity contribution in [1.29, 1.82) is 0 Å². The molecule has 0 unspecified atom stereocenters. The van der Waals surface area contributed by atoms with Crippen LogP contribution in [0.2, 0.25) is 0 Å². The molecule has 1 aliphatic carbocycles. The first kappa shape index (κ1) is 23.4. The second-order valence-electron chi connectivity index (χ2n) is 8.86. The lowest BCUT2D eigenvalue weighted by molar-refractivity contribution is -0.153. The zero-order valence-electron chi connectivity index (χ0n) is 17.9. The summed E-state index contributed by atoms with van der Waals surface area (Å²) >= 11 is 0. The molecule has 178 valence electrons. The number of rotatable bonds is 6. The Kier molecular flexibility index (Phi) is 6.26. The number of anilines is 1. The molecular weight excluding hydrogens is 442 g/mol. The number of aliphatic hydroxyl groups is 1. The van der Waals surface area contributed by atoms with Crippen molar-refractivity contribution < 1.29 is 36.9 Å². The molecule has 2 aromatic carbocycles. The molecule has 1 amide bonds. The molecule has 33 heavy (non-hydrogen) atoms. The molecule has 5 nitrogen and oxygen atoms in total. The van der Waals surface area contributed by atoms with E-state index in [9.17, 15) is 27.5 Å². The number of carbonyl (C=O) groups is 1. The highest BCUT2D eigenvalue weighted by Crippen LogP contribution is 2.48. The molecule has 0 bridgehead atoms. The Morgan fingerprint density at radius 3 is 2.27 bits per heavy atom. The Morgan fingerprint density at radius 1 is 0.939 bits per heavy atom. The van der Waals surface area contributed by atoms with Gasteiger partial charge in [0.2, 0.25) is 5.91 Å². The van der Waals surface area contributed by atoms with Crippen LogP contribution in [-0.2, 0) is 4.79 Å². The van der Waals surface area contributed by atoms with Crippen molar-refractivity contribution in [3.05, 3.63) is 54.3 Å². The lowest BCUT2D eigenvalue weighted by Gasteiger charge is -2.40. The van der Waals surface area contributed by atoms with Gasteiger partial charge < -0.3 is 19.5 Å². The van der Waals surface area contributed by atoms with Crippen molar-refractivity contribution in [2.75, 3.05) is 24.7 Å². The van der Waals surface area contributed by atoms with E-state index in [4.69, 9.17) is 9.47 Å². The molecule has 0 aromatic heterocycles. The van der Waals surface area contributed by atoms with Crippen molar-refractivity contribution in [2.45, 2.75) is 43.9 Å². The molecule has 2 aliphatic rings. The summed E-state index contributed by atoms with van der Waals surface area (Å²) in [5.41, 5.74) is -1.06. The van der Waals surface area contributed by atoms with E-state index in [2.05, 4.69) is 0 Å². The summed E-state index contributed by atoms with van der Waals surface area (Å²) in [6, 6.07) is 11.7. The van der Waals surface area contributed by atoms with Crippen molar-refractivity contribution in [3.63, 3.8) is 0 Å². The molecule has 0 atom stereocenters.